The average molecular weight is 427 g/mol. The quantitative estimate of drug-likeness (QED) is 0.639. The topological polar surface area (TPSA) is 76.6 Å². The van der Waals surface area contributed by atoms with Gasteiger partial charge in [-0.15, -0.1) is 11.3 Å². The summed E-state index contributed by atoms with van der Waals surface area (Å²) in [4.78, 5) is 26.5. The van der Waals surface area contributed by atoms with Gasteiger partial charge in [0.2, 0.25) is 5.91 Å². The molecule has 4 rings (SSSR count). The van der Waals surface area contributed by atoms with E-state index in [0.29, 0.717) is 23.7 Å². The minimum absolute atomic E-state index is 0.00645. The van der Waals surface area contributed by atoms with E-state index in [9.17, 15) is 4.79 Å². The summed E-state index contributed by atoms with van der Waals surface area (Å²) >= 11 is 1.71. The maximum absolute atomic E-state index is 13.0. The molecule has 1 aliphatic heterocycles. The van der Waals surface area contributed by atoms with Crippen LogP contribution in [0.5, 0.6) is 11.5 Å². The number of carbonyl (C=O) groups is 1. The molecule has 0 radical (unpaired) electrons. The normalized spacial score (nSPS) is 16.5. The zero-order chi connectivity index (χ0) is 21.1. The molecule has 1 amide bonds. The molecule has 0 aliphatic carbocycles. The Hall–Kier alpha value is -2.87. The number of rotatable bonds is 6. The second-order valence-corrected chi connectivity index (χ2v) is 8.44. The molecule has 30 heavy (non-hydrogen) atoms. The van der Waals surface area contributed by atoms with Gasteiger partial charge in [-0.25, -0.2) is 9.97 Å². The Morgan fingerprint density at radius 1 is 1.27 bits per heavy atom. The van der Waals surface area contributed by atoms with E-state index in [2.05, 4.69) is 33.2 Å². The molecule has 2 aromatic heterocycles. The highest BCUT2D eigenvalue weighted by Crippen LogP contribution is 2.34. The number of hydrogen-bond acceptors (Lipinski definition) is 7. The minimum Gasteiger partial charge on any atom is -0.497 e. The van der Waals surface area contributed by atoms with Crippen LogP contribution in [0.15, 0.2) is 30.6 Å². The van der Waals surface area contributed by atoms with Gasteiger partial charge in [0.15, 0.2) is 0 Å². The van der Waals surface area contributed by atoms with Crippen LogP contribution in [0.3, 0.4) is 0 Å². The van der Waals surface area contributed by atoms with Crippen molar-refractivity contribution in [3.8, 4) is 11.5 Å². The summed E-state index contributed by atoms with van der Waals surface area (Å²) in [6.45, 7) is 3.67. The lowest BCUT2D eigenvalue weighted by molar-refractivity contribution is -0.120. The first-order valence-electron chi connectivity index (χ1n) is 10.1. The van der Waals surface area contributed by atoms with E-state index in [-0.39, 0.29) is 11.8 Å². The molecule has 0 bridgehead atoms. The zero-order valence-corrected chi connectivity index (χ0v) is 18.3. The molecule has 1 aliphatic rings. The smallest absolute Gasteiger partial charge is 0.229 e. The van der Waals surface area contributed by atoms with Gasteiger partial charge in [0.1, 0.15) is 28.5 Å². The number of piperidine rings is 1. The molecule has 8 heteroatoms. The SMILES string of the molecule is CCc1cc2c(N3CCCC(C(=O)Nc4ccc(OC)cc4OC)C3)ncnc2s1. The summed E-state index contributed by atoms with van der Waals surface area (Å²) in [7, 11) is 3.18. The molecule has 3 aromatic rings. The lowest BCUT2D eigenvalue weighted by Crippen LogP contribution is -2.41. The largest absolute Gasteiger partial charge is 0.497 e. The van der Waals surface area contributed by atoms with Gasteiger partial charge in [-0.05, 0) is 37.5 Å². The number of methoxy groups -OCH3 is 2. The van der Waals surface area contributed by atoms with E-state index in [4.69, 9.17) is 9.47 Å². The zero-order valence-electron chi connectivity index (χ0n) is 17.5. The second kappa shape index (κ2) is 8.87. The van der Waals surface area contributed by atoms with E-state index in [1.807, 2.05) is 12.1 Å². The van der Waals surface area contributed by atoms with Crippen molar-refractivity contribution in [2.45, 2.75) is 26.2 Å². The Morgan fingerprint density at radius 2 is 2.13 bits per heavy atom. The number of nitrogens with zero attached hydrogens (tertiary/aromatic N) is 3. The standard InChI is InChI=1S/C22H26N4O3S/c1-4-16-11-17-20(23-13-24-22(17)30-16)26-9-5-6-14(12-26)21(27)25-18-8-7-15(28-2)10-19(18)29-3/h7-8,10-11,13-14H,4-6,9,12H2,1-3H3,(H,25,27). The summed E-state index contributed by atoms with van der Waals surface area (Å²) in [5, 5.41) is 4.11. The van der Waals surface area contributed by atoms with E-state index >= 15 is 0 Å². The monoisotopic (exact) mass is 426 g/mol. The van der Waals surface area contributed by atoms with Crippen LogP contribution in [0.1, 0.15) is 24.6 Å². The number of amides is 1. The maximum Gasteiger partial charge on any atom is 0.229 e. The van der Waals surface area contributed by atoms with Crippen molar-refractivity contribution in [3.05, 3.63) is 35.5 Å². The van der Waals surface area contributed by atoms with E-state index in [0.717, 1.165) is 41.8 Å². The third-order valence-electron chi connectivity index (χ3n) is 5.47. The van der Waals surface area contributed by atoms with Crippen LogP contribution in [0, 0.1) is 5.92 Å². The highest BCUT2D eigenvalue weighted by atomic mass is 32.1. The number of ether oxygens (including phenoxy) is 2. The number of hydrogen-bond donors (Lipinski definition) is 1. The number of benzene rings is 1. The van der Waals surface area contributed by atoms with Crippen molar-refractivity contribution in [1.82, 2.24) is 9.97 Å². The lowest BCUT2D eigenvalue weighted by Gasteiger charge is -2.33. The number of anilines is 2. The van der Waals surface area contributed by atoms with Gasteiger partial charge in [-0.3, -0.25) is 4.79 Å². The van der Waals surface area contributed by atoms with Crippen LogP contribution in [-0.4, -0.2) is 43.2 Å². The Kier molecular flexibility index (Phi) is 6.03. The van der Waals surface area contributed by atoms with Crippen molar-refractivity contribution in [3.63, 3.8) is 0 Å². The molecule has 1 aromatic carbocycles. The summed E-state index contributed by atoms with van der Waals surface area (Å²) in [5.41, 5.74) is 0.648. The van der Waals surface area contributed by atoms with Gasteiger partial charge in [0, 0.05) is 24.0 Å². The first-order chi connectivity index (χ1) is 14.6. The summed E-state index contributed by atoms with van der Waals surface area (Å²) in [5.74, 6) is 2.06. The maximum atomic E-state index is 13.0. The molecule has 0 spiro atoms. The van der Waals surface area contributed by atoms with Gasteiger partial charge in [0.25, 0.3) is 0 Å². The molecule has 7 nitrogen and oxygen atoms in total. The molecular formula is C22H26N4O3S. The average Bonchev–Trinajstić information content (AvgIpc) is 3.23. The fourth-order valence-corrected chi connectivity index (χ4v) is 4.77. The Balaban J connectivity index is 1.52. The van der Waals surface area contributed by atoms with E-state index < -0.39 is 0 Å². The molecule has 1 N–H and O–H groups in total. The van der Waals surface area contributed by atoms with Crippen molar-refractivity contribution in [1.29, 1.82) is 0 Å². The number of carbonyl (C=O) groups excluding carboxylic acids is 1. The molecule has 1 saturated heterocycles. The first kappa shape index (κ1) is 20.4. The van der Waals surface area contributed by atoms with Crippen LogP contribution < -0.4 is 19.7 Å². The summed E-state index contributed by atoms with van der Waals surface area (Å²) in [6, 6.07) is 7.57. The van der Waals surface area contributed by atoms with Crippen molar-refractivity contribution < 1.29 is 14.3 Å². The van der Waals surface area contributed by atoms with Crippen LogP contribution in [0.4, 0.5) is 11.5 Å². The van der Waals surface area contributed by atoms with Crippen LogP contribution in [0.2, 0.25) is 0 Å². The van der Waals surface area contributed by atoms with E-state index in [1.165, 1.54) is 4.88 Å². The van der Waals surface area contributed by atoms with Crippen LogP contribution >= 0.6 is 11.3 Å². The Labute approximate surface area is 180 Å². The number of fused-ring (bicyclic) bond motifs is 1. The number of aromatic nitrogens is 2. The summed E-state index contributed by atoms with van der Waals surface area (Å²) in [6.07, 6.45) is 4.39. The molecule has 0 saturated carbocycles. The number of nitrogens with one attached hydrogen (secondary N) is 1. The van der Waals surface area contributed by atoms with Gasteiger partial charge < -0.3 is 19.7 Å². The second-order valence-electron chi connectivity index (χ2n) is 7.32. The Morgan fingerprint density at radius 3 is 2.90 bits per heavy atom. The number of thiophene rings is 1. The molecule has 1 fully saturated rings. The van der Waals surface area contributed by atoms with Gasteiger partial charge in [-0.1, -0.05) is 6.92 Å². The first-order valence-corrected chi connectivity index (χ1v) is 11.0. The van der Waals surface area contributed by atoms with E-state index in [1.54, 1.807) is 38.0 Å². The number of aryl methyl sites for hydroxylation is 1. The van der Waals surface area contributed by atoms with Crippen molar-refractivity contribution in [2.75, 3.05) is 37.5 Å². The summed E-state index contributed by atoms with van der Waals surface area (Å²) < 4.78 is 10.6. The predicted molar refractivity (Wildman–Crippen MR) is 120 cm³/mol. The van der Waals surface area contributed by atoms with Gasteiger partial charge in [0.05, 0.1) is 31.2 Å². The van der Waals surface area contributed by atoms with Crippen LogP contribution in [0.25, 0.3) is 10.2 Å². The van der Waals surface area contributed by atoms with Crippen molar-refractivity contribution in [2.24, 2.45) is 5.92 Å². The fourth-order valence-electron chi connectivity index (χ4n) is 3.84. The van der Waals surface area contributed by atoms with Crippen molar-refractivity contribution >= 4 is 39.0 Å². The molecule has 158 valence electrons. The predicted octanol–water partition coefficient (Wildman–Crippen LogP) is 4.13. The highest BCUT2D eigenvalue weighted by molar-refractivity contribution is 7.18. The third-order valence-corrected chi connectivity index (χ3v) is 6.65. The van der Waals surface area contributed by atoms with Crippen LogP contribution in [-0.2, 0) is 11.2 Å². The minimum atomic E-state index is -0.125. The molecule has 3 heterocycles. The third kappa shape index (κ3) is 4.05. The molecule has 1 unspecified atom stereocenters. The lowest BCUT2D eigenvalue weighted by atomic mass is 9.96. The Bertz CT molecular complexity index is 1050. The molecular weight excluding hydrogens is 400 g/mol. The van der Waals surface area contributed by atoms with Gasteiger partial charge in [-0.2, -0.15) is 0 Å². The van der Waals surface area contributed by atoms with Gasteiger partial charge >= 0.3 is 0 Å². The molecule has 1 atom stereocenters. The highest BCUT2D eigenvalue weighted by Gasteiger charge is 2.28. The fraction of sp³-hybridized carbons (Fsp3) is 0.409.